The van der Waals surface area contributed by atoms with Gasteiger partial charge in [-0.15, -0.1) is 0 Å². The molecule has 0 saturated heterocycles. The zero-order valence-corrected chi connectivity index (χ0v) is 23.4. The Morgan fingerprint density at radius 1 is 1.02 bits per heavy atom. The van der Waals surface area contributed by atoms with Gasteiger partial charge in [0.15, 0.2) is 22.9 Å². The molecule has 0 spiro atoms. The van der Waals surface area contributed by atoms with Gasteiger partial charge in [-0.05, 0) is 57.5 Å². The van der Waals surface area contributed by atoms with Gasteiger partial charge in [-0.2, -0.15) is 0 Å². The minimum Gasteiger partial charge on any atom is -0.494 e. The molecule has 1 aliphatic rings. The molecule has 0 fully saturated rings. The number of ether oxygens (including phenoxy) is 4. The van der Waals surface area contributed by atoms with Crippen LogP contribution >= 0.6 is 11.3 Å². The monoisotopic (exact) mass is 566 g/mol. The molecule has 1 aromatic heterocycles. The summed E-state index contributed by atoms with van der Waals surface area (Å²) in [7, 11) is 0. The predicted octanol–water partition coefficient (Wildman–Crippen LogP) is 3.06. The molecule has 0 unspecified atom stereocenters. The van der Waals surface area contributed by atoms with Crippen LogP contribution in [0.2, 0.25) is 0 Å². The Morgan fingerprint density at radius 3 is 2.40 bits per heavy atom. The first kappa shape index (κ1) is 28.6. The summed E-state index contributed by atoms with van der Waals surface area (Å²) >= 11 is 1.15. The van der Waals surface area contributed by atoms with Crippen LogP contribution in [-0.2, 0) is 14.3 Å². The summed E-state index contributed by atoms with van der Waals surface area (Å²) in [4.78, 5) is 43.2. The van der Waals surface area contributed by atoms with Crippen molar-refractivity contribution >= 4 is 29.4 Å². The average molecular weight is 567 g/mol. The second kappa shape index (κ2) is 12.6. The quantitative estimate of drug-likeness (QED) is 0.351. The lowest BCUT2D eigenvalue weighted by atomic mass is 9.96. The second-order valence-electron chi connectivity index (χ2n) is 8.59. The number of nitrogens with zero attached hydrogens (tertiary/aromatic N) is 2. The molecule has 1 aliphatic heterocycles. The number of benzene rings is 2. The molecule has 40 heavy (non-hydrogen) atoms. The van der Waals surface area contributed by atoms with E-state index in [1.165, 1.54) is 4.57 Å². The molecule has 10 nitrogen and oxygen atoms in total. The summed E-state index contributed by atoms with van der Waals surface area (Å²) in [5, 5.41) is 9.16. The molecule has 2 heterocycles. The zero-order chi connectivity index (χ0) is 28.8. The highest BCUT2D eigenvalue weighted by Crippen LogP contribution is 2.33. The highest BCUT2D eigenvalue weighted by molar-refractivity contribution is 7.07. The lowest BCUT2D eigenvalue weighted by Gasteiger charge is -2.24. The van der Waals surface area contributed by atoms with E-state index in [2.05, 4.69) is 4.99 Å². The van der Waals surface area contributed by atoms with Crippen LogP contribution in [-0.4, -0.2) is 48.0 Å². The molecule has 1 atom stereocenters. The third kappa shape index (κ3) is 5.94. The van der Waals surface area contributed by atoms with Gasteiger partial charge >= 0.3 is 11.9 Å². The second-order valence-corrected chi connectivity index (χ2v) is 9.60. The van der Waals surface area contributed by atoms with Gasteiger partial charge in [0.2, 0.25) is 0 Å². The molecule has 0 bridgehead atoms. The Bertz CT molecular complexity index is 1620. The van der Waals surface area contributed by atoms with E-state index < -0.39 is 24.6 Å². The van der Waals surface area contributed by atoms with Gasteiger partial charge in [-0.1, -0.05) is 35.6 Å². The van der Waals surface area contributed by atoms with Crippen LogP contribution in [0.5, 0.6) is 17.2 Å². The number of carboxylic acids is 1. The van der Waals surface area contributed by atoms with Gasteiger partial charge in [0.1, 0.15) is 5.75 Å². The number of aromatic nitrogens is 1. The molecule has 0 amide bonds. The summed E-state index contributed by atoms with van der Waals surface area (Å²) < 4.78 is 23.9. The number of fused-ring (bicyclic) bond motifs is 1. The molecule has 11 heteroatoms. The lowest BCUT2D eigenvalue weighted by molar-refractivity contribution is -0.140. The van der Waals surface area contributed by atoms with Crippen LogP contribution in [0.15, 0.2) is 63.5 Å². The number of thiazole rings is 1. The van der Waals surface area contributed by atoms with Crippen molar-refractivity contribution in [1.82, 2.24) is 4.57 Å². The molecule has 4 rings (SSSR count). The average Bonchev–Trinajstić information content (AvgIpc) is 3.22. The summed E-state index contributed by atoms with van der Waals surface area (Å²) in [6, 6.07) is 11.5. The van der Waals surface area contributed by atoms with Crippen LogP contribution in [0.4, 0.5) is 0 Å². The van der Waals surface area contributed by atoms with E-state index in [1.54, 1.807) is 57.2 Å². The van der Waals surface area contributed by atoms with Crippen LogP contribution in [0.25, 0.3) is 6.08 Å². The predicted molar refractivity (Wildman–Crippen MR) is 149 cm³/mol. The molecule has 0 aliphatic carbocycles. The molecule has 1 N–H and O–H groups in total. The first-order valence-electron chi connectivity index (χ1n) is 12.8. The summed E-state index contributed by atoms with van der Waals surface area (Å²) in [6.45, 7) is 7.56. The smallest absolute Gasteiger partial charge is 0.341 e. The molecule has 0 saturated carbocycles. The van der Waals surface area contributed by atoms with Crippen molar-refractivity contribution in [1.29, 1.82) is 0 Å². The van der Waals surface area contributed by atoms with E-state index >= 15 is 0 Å². The van der Waals surface area contributed by atoms with Crippen LogP contribution in [0.3, 0.4) is 0 Å². The Hall–Kier alpha value is -4.38. The third-order valence-corrected chi connectivity index (χ3v) is 6.94. The first-order chi connectivity index (χ1) is 19.3. The van der Waals surface area contributed by atoms with Crippen molar-refractivity contribution in [3.05, 3.63) is 84.5 Å². The van der Waals surface area contributed by atoms with Crippen molar-refractivity contribution in [3.63, 3.8) is 0 Å². The number of carbonyl (C=O) groups is 2. The van der Waals surface area contributed by atoms with Gasteiger partial charge in [0, 0.05) is 5.56 Å². The van der Waals surface area contributed by atoms with Gasteiger partial charge in [0.05, 0.1) is 41.7 Å². The fourth-order valence-corrected chi connectivity index (χ4v) is 5.40. The zero-order valence-electron chi connectivity index (χ0n) is 22.6. The van der Waals surface area contributed by atoms with E-state index in [0.717, 1.165) is 11.3 Å². The van der Waals surface area contributed by atoms with Gasteiger partial charge < -0.3 is 24.1 Å². The SMILES string of the molecule is CCOC(=O)C1=C(C)N=c2s/c(=C/c3cccc(OCC)c3OCC(=O)O)c(=O)n2[C@@H]1c1ccc(OCC)cc1. The number of rotatable bonds is 11. The maximum absolute atomic E-state index is 13.9. The van der Waals surface area contributed by atoms with E-state index in [4.69, 9.17) is 24.1 Å². The largest absolute Gasteiger partial charge is 0.494 e. The number of para-hydroxylation sites is 1. The summed E-state index contributed by atoms with van der Waals surface area (Å²) in [5.74, 6) is -0.457. The Balaban J connectivity index is 1.91. The van der Waals surface area contributed by atoms with Crippen molar-refractivity contribution in [2.24, 2.45) is 4.99 Å². The lowest BCUT2D eigenvalue weighted by Crippen LogP contribution is -2.39. The van der Waals surface area contributed by atoms with Gasteiger partial charge in [0.25, 0.3) is 5.56 Å². The fraction of sp³-hybridized carbons (Fsp3) is 0.310. The normalized spacial score (nSPS) is 14.8. The molecule has 210 valence electrons. The number of esters is 1. The number of hydrogen-bond acceptors (Lipinski definition) is 9. The summed E-state index contributed by atoms with van der Waals surface area (Å²) in [6.07, 6.45) is 1.61. The molecule has 2 aromatic carbocycles. The minimum absolute atomic E-state index is 0.172. The minimum atomic E-state index is -1.14. The van der Waals surface area contributed by atoms with Crippen molar-refractivity contribution in [2.75, 3.05) is 26.4 Å². The Labute approximate surface area is 234 Å². The molecular weight excluding hydrogens is 536 g/mol. The number of carbonyl (C=O) groups excluding carboxylic acids is 1. The highest BCUT2D eigenvalue weighted by atomic mass is 32.1. The van der Waals surface area contributed by atoms with Crippen molar-refractivity contribution in [3.8, 4) is 17.2 Å². The van der Waals surface area contributed by atoms with E-state index in [9.17, 15) is 14.4 Å². The Kier molecular flexibility index (Phi) is 9.05. The molecule has 3 aromatic rings. The topological polar surface area (TPSA) is 126 Å². The number of hydrogen-bond donors (Lipinski definition) is 1. The number of aliphatic carboxylic acids is 1. The van der Waals surface area contributed by atoms with E-state index in [-0.39, 0.29) is 23.5 Å². The maximum atomic E-state index is 13.9. The standard InChI is InChI=1S/C29H30N2O8S/c1-5-36-20-13-11-18(12-14-20)25-24(28(35)38-7-3)17(4)30-29-31(25)27(34)22(40-29)15-19-9-8-10-21(37-6-2)26(19)39-16-23(32)33/h8-15,25H,5-7,16H2,1-4H3,(H,32,33)/b22-15+/t25-/m1/s1. The van der Waals surface area contributed by atoms with Gasteiger partial charge in [-0.3, -0.25) is 9.36 Å². The van der Waals surface area contributed by atoms with Gasteiger partial charge in [-0.25, -0.2) is 14.6 Å². The van der Waals surface area contributed by atoms with Crippen LogP contribution in [0.1, 0.15) is 44.9 Å². The third-order valence-electron chi connectivity index (χ3n) is 5.96. The fourth-order valence-electron chi connectivity index (χ4n) is 4.37. The van der Waals surface area contributed by atoms with Crippen LogP contribution < -0.4 is 29.1 Å². The van der Waals surface area contributed by atoms with E-state index in [0.29, 0.717) is 50.9 Å². The maximum Gasteiger partial charge on any atom is 0.341 e. The molecule has 0 radical (unpaired) electrons. The highest BCUT2D eigenvalue weighted by Gasteiger charge is 2.33. The van der Waals surface area contributed by atoms with Crippen molar-refractivity contribution < 1.29 is 33.6 Å². The number of allylic oxidation sites excluding steroid dienone is 1. The molecular formula is C29H30N2O8S. The number of carboxylic acid groups (broad SMARTS) is 1. The summed E-state index contributed by atoms with van der Waals surface area (Å²) in [5.41, 5.74) is 1.51. The first-order valence-corrected chi connectivity index (χ1v) is 13.6. The van der Waals surface area contributed by atoms with Crippen LogP contribution in [0, 0.1) is 0 Å². The Morgan fingerprint density at radius 2 is 1.75 bits per heavy atom. The van der Waals surface area contributed by atoms with Crippen molar-refractivity contribution in [2.45, 2.75) is 33.7 Å². The van der Waals surface area contributed by atoms with E-state index in [1.807, 2.05) is 19.1 Å².